The predicted octanol–water partition coefficient (Wildman–Crippen LogP) is 2.22. The Morgan fingerprint density at radius 2 is 1.50 bits per heavy atom. The van der Waals surface area contributed by atoms with E-state index >= 15 is 0 Å². The second-order valence-electron chi connectivity index (χ2n) is 1.79. The van der Waals surface area contributed by atoms with Crippen LogP contribution in [-0.2, 0) is 0 Å². The molecule has 0 saturated carbocycles. The van der Waals surface area contributed by atoms with Crippen LogP contribution in [0.2, 0.25) is 0 Å². The fraction of sp³-hybridized carbons (Fsp3) is 0.400. The zero-order valence-corrected chi connectivity index (χ0v) is 6.82. The quantitative estimate of drug-likeness (QED) is 0.407. The molecule has 3 heteroatoms. The van der Waals surface area contributed by atoms with Gasteiger partial charge in [-0.25, -0.2) is 0 Å². The number of allylic oxidation sites excluding steroid dienone is 2. The minimum absolute atomic E-state index is 0.858. The highest BCUT2D eigenvalue weighted by Gasteiger charge is 2.11. The average molecular weight is 162 g/mol. The molecule has 44 valence electrons. The van der Waals surface area contributed by atoms with E-state index in [0.29, 0.717) is 0 Å². The summed E-state index contributed by atoms with van der Waals surface area (Å²) in [5.41, 5.74) is 0. The molecule has 1 aliphatic rings. The zero-order valence-electron chi connectivity index (χ0n) is 4.22. The normalized spacial score (nSPS) is 20.5. The number of rotatable bonds is 0. The zero-order chi connectivity index (χ0) is 6.15. The molecule has 0 saturated heterocycles. The van der Waals surface area contributed by atoms with Gasteiger partial charge in [0.05, 0.1) is 0 Å². The molecular formula is C5H6S3. The van der Waals surface area contributed by atoms with Gasteiger partial charge in [0.15, 0.2) is 0 Å². The highest BCUT2D eigenvalue weighted by atomic mass is 32.1. The predicted molar refractivity (Wildman–Crippen MR) is 46.8 cm³/mol. The van der Waals surface area contributed by atoms with Crippen molar-refractivity contribution in [2.75, 3.05) is 0 Å². The molecular weight excluding hydrogens is 156 g/mol. The Morgan fingerprint density at radius 1 is 1.12 bits per heavy atom. The molecule has 0 aromatic carbocycles. The summed E-state index contributed by atoms with van der Waals surface area (Å²) >= 11 is 13.3. The summed E-state index contributed by atoms with van der Waals surface area (Å²) in [5.74, 6) is 0. The van der Waals surface area contributed by atoms with E-state index in [9.17, 15) is 0 Å². The topological polar surface area (TPSA) is 0 Å². The summed E-state index contributed by atoms with van der Waals surface area (Å²) in [6, 6.07) is 0. The van der Waals surface area contributed by atoms with E-state index in [-0.39, 0.29) is 0 Å². The van der Waals surface area contributed by atoms with Crippen LogP contribution in [0.15, 0.2) is 9.81 Å². The Kier molecular flexibility index (Phi) is 2.01. The second kappa shape index (κ2) is 2.42. The number of thiocarbonyl (C=S) groups is 1. The molecule has 0 atom stereocenters. The second-order valence-corrected chi connectivity index (χ2v) is 3.44. The van der Waals surface area contributed by atoms with Gasteiger partial charge in [-0.1, -0.05) is 12.2 Å². The van der Waals surface area contributed by atoms with Gasteiger partial charge in [0, 0.05) is 17.7 Å². The first-order valence-electron chi connectivity index (χ1n) is 2.32. The third kappa shape index (κ3) is 1.27. The van der Waals surface area contributed by atoms with Crippen molar-refractivity contribution >= 4 is 42.3 Å². The number of hydrogen-bond acceptors (Lipinski definition) is 3. The summed E-state index contributed by atoms with van der Waals surface area (Å²) in [6.07, 6.45) is 1.72. The van der Waals surface area contributed by atoms with Gasteiger partial charge in [-0.15, -0.1) is 25.3 Å². The average Bonchev–Trinajstić information content (AvgIpc) is 1.85. The standard InChI is InChI=1S/C5H6S3/c6-3-1-4(7)5(8)2-3/h7-8H,1-2H2. The van der Waals surface area contributed by atoms with Gasteiger partial charge in [-0.05, 0) is 9.81 Å². The Morgan fingerprint density at radius 3 is 1.62 bits per heavy atom. The summed E-state index contributed by atoms with van der Waals surface area (Å²) in [7, 11) is 0. The smallest absolute Gasteiger partial charge is 0.0107 e. The molecule has 0 aromatic rings. The summed E-state index contributed by atoms with van der Waals surface area (Å²) in [5, 5.41) is 0. The van der Waals surface area contributed by atoms with Crippen LogP contribution < -0.4 is 0 Å². The summed E-state index contributed by atoms with van der Waals surface area (Å²) < 4.78 is 0. The molecule has 0 nitrogen and oxygen atoms in total. The lowest BCUT2D eigenvalue weighted by molar-refractivity contribution is 1.52. The summed E-state index contributed by atoms with van der Waals surface area (Å²) in [6.45, 7) is 0. The maximum Gasteiger partial charge on any atom is 0.0107 e. The van der Waals surface area contributed by atoms with Crippen molar-refractivity contribution in [3.05, 3.63) is 9.81 Å². The first-order valence-corrected chi connectivity index (χ1v) is 3.62. The molecule has 0 spiro atoms. The molecule has 1 rings (SSSR count). The molecule has 1 aliphatic carbocycles. The van der Waals surface area contributed by atoms with Crippen LogP contribution in [0.1, 0.15) is 12.8 Å². The van der Waals surface area contributed by atoms with Crippen LogP contribution in [0.4, 0.5) is 0 Å². The Balaban J connectivity index is 2.73. The molecule has 0 fully saturated rings. The van der Waals surface area contributed by atoms with Gasteiger partial charge in [-0.2, -0.15) is 0 Å². The minimum Gasteiger partial charge on any atom is -0.147 e. The largest absolute Gasteiger partial charge is 0.147 e. The highest BCUT2D eigenvalue weighted by Crippen LogP contribution is 2.28. The van der Waals surface area contributed by atoms with E-state index in [1.54, 1.807) is 0 Å². The lowest BCUT2D eigenvalue weighted by Crippen LogP contribution is -1.81. The van der Waals surface area contributed by atoms with Crippen LogP contribution in [0.5, 0.6) is 0 Å². The molecule has 0 amide bonds. The van der Waals surface area contributed by atoms with E-state index in [1.807, 2.05) is 0 Å². The van der Waals surface area contributed by atoms with Crippen molar-refractivity contribution in [3.63, 3.8) is 0 Å². The molecule has 0 unspecified atom stereocenters. The third-order valence-corrected chi connectivity index (χ3v) is 2.38. The van der Waals surface area contributed by atoms with Crippen molar-refractivity contribution in [1.82, 2.24) is 0 Å². The Bertz CT molecular complexity index is 141. The highest BCUT2D eigenvalue weighted by molar-refractivity contribution is 7.89. The third-order valence-electron chi connectivity index (χ3n) is 1.06. The van der Waals surface area contributed by atoms with Crippen molar-refractivity contribution < 1.29 is 0 Å². The SMILES string of the molecule is S=C1CC(S)=C(S)C1. The van der Waals surface area contributed by atoms with Crippen molar-refractivity contribution in [2.24, 2.45) is 0 Å². The first-order chi connectivity index (χ1) is 3.70. The van der Waals surface area contributed by atoms with Gasteiger partial charge >= 0.3 is 0 Å². The van der Waals surface area contributed by atoms with E-state index in [2.05, 4.69) is 25.3 Å². The molecule has 0 heterocycles. The fourth-order valence-electron chi connectivity index (χ4n) is 0.640. The summed E-state index contributed by atoms with van der Waals surface area (Å²) in [4.78, 5) is 3.14. The van der Waals surface area contributed by atoms with E-state index in [4.69, 9.17) is 12.2 Å². The minimum atomic E-state index is 0.858. The van der Waals surface area contributed by atoms with Gasteiger partial charge in [-0.3, -0.25) is 0 Å². The monoisotopic (exact) mass is 162 g/mol. The molecule has 0 radical (unpaired) electrons. The van der Waals surface area contributed by atoms with Gasteiger partial charge in [0.2, 0.25) is 0 Å². The van der Waals surface area contributed by atoms with Crippen molar-refractivity contribution in [1.29, 1.82) is 0 Å². The van der Waals surface area contributed by atoms with Crippen LogP contribution >= 0.6 is 37.5 Å². The van der Waals surface area contributed by atoms with Gasteiger partial charge < -0.3 is 0 Å². The molecule has 8 heavy (non-hydrogen) atoms. The van der Waals surface area contributed by atoms with Gasteiger partial charge in [0.25, 0.3) is 0 Å². The molecule has 0 aliphatic heterocycles. The lowest BCUT2D eigenvalue weighted by Gasteiger charge is -1.84. The van der Waals surface area contributed by atoms with Crippen LogP contribution in [-0.4, -0.2) is 4.86 Å². The Labute approximate surface area is 65.2 Å². The maximum absolute atomic E-state index is 4.93. The Hall–Kier alpha value is 0.530. The van der Waals surface area contributed by atoms with E-state index in [0.717, 1.165) is 27.5 Å². The first kappa shape index (κ1) is 6.65. The molecule has 0 N–H and O–H groups in total. The fourth-order valence-corrected chi connectivity index (χ4v) is 1.68. The van der Waals surface area contributed by atoms with E-state index in [1.165, 1.54) is 0 Å². The lowest BCUT2D eigenvalue weighted by atomic mass is 10.4. The van der Waals surface area contributed by atoms with Crippen LogP contribution in [0.3, 0.4) is 0 Å². The van der Waals surface area contributed by atoms with Crippen LogP contribution in [0, 0.1) is 0 Å². The molecule has 0 bridgehead atoms. The van der Waals surface area contributed by atoms with Gasteiger partial charge in [0.1, 0.15) is 0 Å². The number of hydrogen-bond donors (Lipinski definition) is 2. The molecule has 0 aromatic heterocycles. The van der Waals surface area contributed by atoms with Crippen molar-refractivity contribution in [3.8, 4) is 0 Å². The van der Waals surface area contributed by atoms with Crippen LogP contribution in [0.25, 0.3) is 0 Å². The van der Waals surface area contributed by atoms with Crippen molar-refractivity contribution in [2.45, 2.75) is 12.8 Å². The number of thiol groups is 2. The van der Waals surface area contributed by atoms with E-state index < -0.39 is 0 Å². The maximum atomic E-state index is 4.93.